The van der Waals surface area contributed by atoms with Crippen LogP contribution in [0.25, 0.3) is 10.8 Å². The summed E-state index contributed by atoms with van der Waals surface area (Å²) < 4.78 is 12.7. The maximum atomic E-state index is 14.2. The zero-order valence-corrected chi connectivity index (χ0v) is 29.3. The fourth-order valence-corrected chi connectivity index (χ4v) is 6.75. The molecule has 0 spiro atoms. The van der Waals surface area contributed by atoms with Crippen LogP contribution in [0.5, 0.6) is 0 Å². The van der Waals surface area contributed by atoms with E-state index < -0.39 is 25.8 Å². The van der Waals surface area contributed by atoms with Crippen molar-refractivity contribution in [2.45, 2.75) is 116 Å². The Bertz CT molecular complexity index is 1590. The first-order valence-corrected chi connectivity index (χ1v) is 20.3. The average molecular weight is 648 g/mol. The summed E-state index contributed by atoms with van der Waals surface area (Å²) in [6, 6.07) is 9.82. The van der Waals surface area contributed by atoms with Crippen LogP contribution >= 0.6 is 0 Å². The van der Waals surface area contributed by atoms with Crippen LogP contribution in [0.1, 0.15) is 76.5 Å². The number of carbonyl (C=O) groups is 2. The molecule has 46 heavy (non-hydrogen) atoms. The normalized spacial score (nSPS) is 17.5. The summed E-state index contributed by atoms with van der Waals surface area (Å²) >= 11 is 0. The van der Waals surface area contributed by atoms with E-state index in [0.29, 0.717) is 42.0 Å². The van der Waals surface area contributed by atoms with Crippen molar-refractivity contribution >= 4 is 36.5 Å². The number of aromatic nitrogens is 3. The van der Waals surface area contributed by atoms with Crippen molar-refractivity contribution in [3.63, 3.8) is 0 Å². The van der Waals surface area contributed by atoms with E-state index in [2.05, 4.69) is 30.8 Å². The first-order valence-electron chi connectivity index (χ1n) is 16.6. The molecule has 2 amide bonds. The van der Waals surface area contributed by atoms with Crippen LogP contribution in [0.15, 0.2) is 47.5 Å². The smallest absolute Gasteiger partial charge is 0.410 e. The lowest BCUT2D eigenvalue weighted by Gasteiger charge is -2.42. The van der Waals surface area contributed by atoms with Gasteiger partial charge in [0.2, 0.25) is 5.91 Å². The fourth-order valence-electron chi connectivity index (χ4n) is 5.99. The van der Waals surface area contributed by atoms with Gasteiger partial charge in [-0.3, -0.25) is 19.5 Å². The number of rotatable bonds is 10. The SMILES string of the molecule is CC(C)(C)OC(=O)N1CC[C@@H]1C(=O)N(Cc1ccc(C2CCCCC2)cn1)c1ccc2c(=O)n(COCC[Si](C)(C)C)ncc2c1. The Hall–Kier alpha value is -3.57. The van der Waals surface area contributed by atoms with Gasteiger partial charge in [0.25, 0.3) is 5.56 Å². The van der Waals surface area contributed by atoms with Crippen molar-refractivity contribution in [3.05, 3.63) is 64.3 Å². The van der Waals surface area contributed by atoms with Gasteiger partial charge in [-0.1, -0.05) is 45.0 Å². The van der Waals surface area contributed by atoms with E-state index in [1.54, 1.807) is 23.2 Å². The molecule has 2 aliphatic rings. The van der Waals surface area contributed by atoms with Crippen molar-refractivity contribution in [3.8, 4) is 0 Å². The van der Waals surface area contributed by atoms with Crippen LogP contribution in [0, 0.1) is 0 Å². The lowest BCUT2D eigenvalue weighted by Crippen LogP contribution is -2.59. The molecule has 1 aromatic carbocycles. The van der Waals surface area contributed by atoms with Crippen LogP contribution in [0.3, 0.4) is 0 Å². The van der Waals surface area contributed by atoms with Crippen molar-refractivity contribution in [1.29, 1.82) is 0 Å². The molecule has 2 fully saturated rings. The highest BCUT2D eigenvalue weighted by Crippen LogP contribution is 2.33. The Labute approximate surface area is 273 Å². The number of nitrogens with zero attached hydrogens (tertiary/aromatic N) is 5. The number of fused-ring (bicyclic) bond motifs is 1. The fraction of sp³-hybridized carbons (Fsp3) is 0.571. The molecule has 1 aliphatic heterocycles. The van der Waals surface area contributed by atoms with E-state index in [0.717, 1.165) is 11.7 Å². The minimum atomic E-state index is -1.25. The molecule has 1 saturated carbocycles. The number of benzene rings is 1. The van der Waals surface area contributed by atoms with Crippen molar-refractivity contribution in [2.24, 2.45) is 0 Å². The highest BCUT2D eigenvalue weighted by Gasteiger charge is 2.42. The second kappa shape index (κ2) is 14.0. The van der Waals surface area contributed by atoms with Crippen molar-refractivity contribution < 1.29 is 19.1 Å². The second-order valence-corrected chi connectivity index (χ2v) is 20.5. The Morgan fingerprint density at radius 2 is 1.78 bits per heavy atom. The zero-order valence-electron chi connectivity index (χ0n) is 28.3. The van der Waals surface area contributed by atoms with Crippen LogP contribution in [0.2, 0.25) is 25.7 Å². The molecule has 5 rings (SSSR count). The van der Waals surface area contributed by atoms with E-state index in [1.165, 1.54) is 47.2 Å². The summed E-state index contributed by atoms with van der Waals surface area (Å²) in [5, 5.41) is 5.48. The lowest BCUT2D eigenvalue weighted by molar-refractivity contribution is -0.128. The zero-order chi connectivity index (χ0) is 33.1. The highest BCUT2D eigenvalue weighted by molar-refractivity contribution is 6.76. The summed E-state index contributed by atoms with van der Waals surface area (Å²) in [5.41, 5.74) is 1.69. The molecule has 0 unspecified atom stereocenters. The van der Waals surface area contributed by atoms with Gasteiger partial charge in [0, 0.05) is 38.5 Å². The second-order valence-electron chi connectivity index (χ2n) is 14.9. The number of anilines is 1. The van der Waals surface area contributed by atoms with Gasteiger partial charge in [0.05, 0.1) is 23.8 Å². The monoisotopic (exact) mass is 647 g/mol. The Balaban J connectivity index is 1.40. The highest BCUT2D eigenvalue weighted by atomic mass is 28.3. The third-order valence-electron chi connectivity index (χ3n) is 8.80. The number of ether oxygens (including phenoxy) is 2. The number of pyridine rings is 1. The van der Waals surface area contributed by atoms with Gasteiger partial charge in [-0.15, -0.1) is 0 Å². The van der Waals surface area contributed by atoms with E-state index in [-0.39, 0.29) is 24.7 Å². The molecule has 248 valence electrons. The standard InChI is InChI=1S/C35H49N5O5Si/c1-35(2,3)45-34(43)38-17-16-31(38)33(42)39(23-28-13-12-26(21-36-28)25-10-8-7-9-11-25)29-14-15-30-27(20-29)22-37-40(32(30)41)24-44-18-19-46(4,5)6/h12-15,20-22,25,31H,7-11,16-19,23-24H2,1-6H3/t31-/m1/s1. The van der Waals surface area contributed by atoms with E-state index in [9.17, 15) is 14.4 Å². The van der Waals surface area contributed by atoms with Crippen LogP contribution < -0.4 is 10.5 Å². The number of carbonyl (C=O) groups excluding carboxylic acids is 2. The third kappa shape index (κ3) is 8.41. The lowest BCUT2D eigenvalue weighted by atomic mass is 9.85. The Kier molecular flexibility index (Phi) is 10.3. The van der Waals surface area contributed by atoms with Crippen LogP contribution in [0.4, 0.5) is 10.5 Å². The molecule has 11 heteroatoms. The van der Waals surface area contributed by atoms with Crippen molar-refractivity contribution in [1.82, 2.24) is 19.7 Å². The number of likely N-dealkylation sites (tertiary alicyclic amines) is 1. The molecule has 0 radical (unpaired) electrons. The maximum absolute atomic E-state index is 14.2. The van der Waals surface area contributed by atoms with E-state index in [1.807, 2.05) is 39.1 Å². The number of hydrogen-bond donors (Lipinski definition) is 0. The molecule has 0 bridgehead atoms. The summed E-state index contributed by atoms with van der Waals surface area (Å²) in [6.45, 7) is 13.7. The van der Waals surface area contributed by atoms with Gasteiger partial charge in [-0.25, -0.2) is 9.48 Å². The summed E-state index contributed by atoms with van der Waals surface area (Å²) in [5.74, 6) is 0.319. The van der Waals surface area contributed by atoms with Crippen LogP contribution in [-0.2, 0) is 27.5 Å². The summed E-state index contributed by atoms with van der Waals surface area (Å²) in [4.78, 5) is 48.3. The minimum absolute atomic E-state index is 0.0936. The van der Waals surface area contributed by atoms with Gasteiger partial charge in [-0.05, 0) is 81.8 Å². The molecular weight excluding hydrogens is 599 g/mol. The molecule has 2 aromatic heterocycles. The third-order valence-corrected chi connectivity index (χ3v) is 10.5. The van der Waals surface area contributed by atoms with Gasteiger partial charge in [-0.2, -0.15) is 5.10 Å². The first kappa shape index (κ1) is 33.8. The van der Waals surface area contributed by atoms with Crippen LogP contribution in [-0.4, -0.2) is 64.5 Å². The minimum Gasteiger partial charge on any atom is -0.444 e. The first-order chi connectivity index (χ1) is 21.8. The number of amides is 2. The molecule has 0 N–H and O–H groups in total. The topological polar surface area (TPSA) is 107 Å². The van der Waals surface area contributed by atoms with Gasteiger partial charge >= 0.3 is 6.09 Å². The summed E-state index contributed by atoms with van der Waals surface area (Å²) in [6.07, 6.45) is 9.79. The van der Waals surface area contributed by atoms with E-state index in [4.69, 9.17) is 14.5 Å². The van der Waals surface area contributed by atoms with E-state index >= 15 is 0 Å². The average Bonchev–Trinajstić information content (AvgIpc) is 2.97. The van der Waals surface area contributed by atoms with Crippen molar-refractivity contribution in [2.75, 3.05) is 18.1 Å². The maximum Gasteiger partial charge on any atom is 0.410 e. The Morgan fingerprint density at radius 3 is 2.41 bits per heavy atom. The molecular formula is C35H49N5O5Si. The molecule has 1 atom stereocenters. The summed E-state index contributed by atoms with van der Waals surface area (Å²) in [7, 11) is -1.25. The van der Waals surface area contributed by atoms with Gasteiger partial charge in [0.15, 0.2) is 0 Å². The Morgan fingerprint density at radius 1 is 1.02 bits per heavy atom. The molecule has 3 heterocycles. The quantitative estimate of drug-likeness (QED) is 0.178. The molecule has 1 saturated heterocycles. The largest absolute Gasteiger partial charge is 0.444 e. The number of hydrogen-bond acceptors (Lipinski definition) is 7. The molecule has 1 aliphatic carbocycles. The predicted molar refractivity (Wildman–Crippen MR) is 183 cm³/mol. The molecule has 3 aromatic rings. The predicted octanol–water partition coefficient (Wildman–Crippen LogP) is 6.69. The van der Waals surface area contributed by atoms with Gasteiger partial charge < -0.3 is 14.4 Å². The molecule has 10 nitrogen and oxygen atoms in total. The van der Waals surface area contributed by atoms with Gasteiger partial charge in [0.1, 0.15) is 18.4 Å².